The van der Waals surface area contributed by atoms with Gasteiger partial charge in [0.15, 0.2) is 0 Å². The summed E-state index contributed by atoms with van der Waals surface area (Å²) in [6, 6.07) is 0. The van der Waals surface area contributed by atoms with Gasteiger partial charge in [-0.15, -0.1) is 12.4 Å². The summed E-state index contributed by atoms with van der Waals surface area (Å²) in [4.78, 5) is 22.0. The molecule has 88 valence electrons. The number of hydrogen-bond donors (Lipinski definition) is 3. The first-order chi connectivity index (χ1) is 6.50. The summed E-state index contributed by atoms with van der Waals surface area (Å²) in [7, 11) is 0. The molecule has 1 aliphatic heterocycles. The van der Waals surface area contributed by atoms with Crippen molar-refractivity contribution in [2.24, 2.45) is 11.3 Å². The van der Waals surface area contributed by atoms with Crippen LogP contribution >= 0.6 is 12.4 Å². The van der Waals surface area contributed by atoms with Crippen LogP contribution in [-0.2, 0) is 9.59 Å². The molecule has 0 aromatic carbocycles. The lowest BCUT2D eigenvalue weighted by Gasteiger charge is -2.36. The second-order valence-corrected chi connectivity index (χ2v) is 3.77. The van der Waals surface area contributed by atoms with Gasteiger partial charge in [0, 0.05) is 0 Å². The van der Waals surface area contributed by atoms with Gasteiger partial charge < -0.3 is 15.5 Å². The summed E-state index contributed by atoms with van der Waals surface area (Å²) in [5, 5.41) is 21.0. The minimum atomic E-state index is -1.09. The third-order valence-electron chi connectivity index (χ3n) is 3.12. The Hall–Kier alpha value is -0.810. The Bertz CT molecular complexity index is 250. The van der Waals surface area contributed by atoms with Crippen LogP contribution in [0.4, 0.5) is 0 Å². The number of carboxylic acids is 2. The van der Waals surface area contributed by atoms with Crippen molar-refractivity contribution < 1.29 is 19.8 Å². The predicted octanol–water partition coefficient (Wildman–Crippen LogP) is 0.583. The Morgan fingerprint density at radius 1 is 1.27 bits per heavy atom. The zero-order valence-corrected chi connectivity index (χ0v) is 9.34. The largest absolute Gasteiger partial charge is 0.481 e. The second-order valence-electron chi connectivity index (χ2n) is 3.77. The normalized spacial score (nSPS) is 21.1. The van der Waals surface area contributed by atoms with Crippen LogP contribution in [0.5, 0.6) is 0 Å². The first kappa shape index (κ1) is 14.2. The van der Waals surface area contributed by atoms with Crippen molar-refractivity contribution in [3.05, 3.63) is 0 Å². The number of halogens is 1. The van der Waals surface area contributed by atoms with Gasteiger partial charge in [-0.2, -0.15) is 0 Å². The minimum absolute atomic E-state index is 0. The number of nitrogens with one attached hydrogen (secondary N) is 1. The lowest BCUT2D eigenvalue weighted by atomic mass is 9.69. The molecular formula is C9H16ClNO4. The van der Waals surface area contributed by atoms with Crippen molar-refractivity contribution in [3.8, 4) is 0 Å². The standard InChI is InChI=1S/C9H15NO4.ClH/c1-6(7(11)12)9(8(13)14)2-4-10-5-3-9;/h6,10H,2-5H2,1H3,(H,11,12)(H,13,14);1H. The number of aliphatic carboxylic acids is 2. The Labute approximate surface area is 94.3 Å². The van der Waals surface area contributed by atoms with Crippen LogP contribution in [0.2, 0.25) is 0 Å². The molecule has 0 bridgehead atoms. The van der Waals surface area contributed by atoms with E-state index in [1.807, 2.05) is 0 Å². The third-order valence-corrected chi connectivity index (χ3v) is 3.12. The first-order valence-corrected chi connectivity index (χ1v) is 4.67. The number of piperidine rings is 1. The fraction of sp³-hybridized carbons (Fsp3) is 0.778. The maximum atomic E-state index is 11.1. The van der Waals surface area contributed by atoms with Crippen LogP contribution in [0.15, 0.2) is 0 Å². The summed E-state index contributed by atoms with van der Waals surface area (Å²) < 4.78 is 0. The monoisotopic (exact) mass is 237 g/mol. The molecule has 1 saturated heterocycles. The fourth-order valence-electron chi connectivity index (χ4n) is 1.94. The van der Waals surface area contributed by atoms with Crippen LogP contribution < -0.4 is 5.32 Å². The molecule has 0 spiro atoms. The summed E-state index contributed by atoms with van der Waals surface area (Å²) in [6.45, 7) is 2.62. The zero-order valence-electron chi connectivity index (χ0n) is 8.52. The van der Waals surface area contributed by atoms with Crippen LogP contribution in [-0.4, -0.2) is 35.2 Å². The highest BCUT2D eigenvalue weighted by molar-refractivity contribution is 5.85. The Morgan fingerprint density at radius 2 is 1.73 bits per heavy atom. The molecule has 0 radical (unpaired) electrons. The van der Waals surface area contributed by atoms with E-state index in [9.17, 15) is 9.59 Å². The molecule has 1 unspecified atom stereocenters. The Morgan fingerprint density at radius 3 is 2.07 bits per heavy atom. The second kappa shape index (κ2) is 5.32. The smallest absolute Gasteiger partial charge is 0.310 e. The van der Waals surface area contributed by atoms with Crippen molar-refractivity contribution in [3.63, 3.8) is 0 Å². The fourth-order valence-corrected chi connectivity index (χ4v) is 1.94. The number of hydrogen-bond acceptors (Lipinski definition) is 3. The molecule has 15 heavy (non-hydrogen) atoms. The van der Waals surface area contributed by atoms with E-state index in [0.29, 0.717) is 25.9 Å². The van der Waals surface area contributed by atoms with Gasteiger partial charge in [0.1, 0.15) is 0 Å². The van der Waals surface area contributed by atoms with Gasteiger partial charge in [0.2, 0.25) is 0 Å². The topological polar surface area (TPSA) is 86.6 Å². The van der Waals surface area contributed by atoms with Crippen LogP contribution in [0.25, 0.3) is 0 Å². The molecule has 1 heterocycles. The Kier molecular flexibility index (Phi) is 5.03. The van der Waals surface area contributed by atoms with Crippen molar-refractivity contribution in [2.75, 3.05) is 13.1 Å². The van der Waals surface area contributed by atoms with E-state index < -0.39 is 23.3 Å². The minimum Gasteiger partial charge on any atom is -0.481 e. The molecule has 3 N–H and O–H groups in total. The lowest BCUT2D eigenvalue weighted by molar-refractivity contribution is -0.163. The van der Waals surface area contributed by atoms with E-state index in [1.165, 1.54) is 6.92 Å². The summed E-state index contributed by atoms with van der Waals surface area (Å²) in [5.41, 5.74) is -1.09. The number of carboxylic acid groups (broad SMARTS) is 2. The van der Waals surface area contributed by atoms with Gasteiger partial charge >= 0.3 is 11.9 Å². The highest BCUT2D eigenvalue weighted by Gasteiger charge is 2.47. The quantitative estimate of drug-likeness (QED) is 0.669. The van der Waals surface area contributed by atoms with Gasteiger partial charge in [-0.3, -0.25) is 9.59 Å². The third kappa shape index (κ3) is 2.60. The average molecular weight is 238 g/mol. The van der Waals surface area contributed by atoms with Gasteiger partial charge in [-0.25, -0.2) is 0 Å². The van der Waals surface area contributed by atoms with Gasteiger partial charge in [-0.1, -0.05) is 6.92 Å². The van der Waals surface area contributed by atoms with Crippen molar-refractivity contribution in [1.29, 1.82) is 0 Å². The molecule has 1 aliphatic rings. The molecule has 0 aliphatic carbocycles. The highest BCUT2D eigenvalue weighted by Crippen LogP contribution is 2.37. The van der Waals surface area contributed by atoms with Crippen LogP contribution in [0, 0.1) is 11.3 Å². The SMILES string of the molecule is CC(C(=O)O)C1(C(=O)O)CCNCC1.Cl. The number of rotatable bonds is 3. The molecule has 0 aromatic rings. The van der Waals surface area contributed by atoms with Gasteiger partial charge in [0.05, 0.1) is 11.3 Å². The predicted molar refractivity (Wildman–Crippen MR) is 56.2 cm³/mol. The highest BCUT2D eigenvalue weighted by atomic mass is 35.5. The van der Waals surface area contributed by atoms with E-state index in [1.54, 1.807) is 0 Å². The van der Waals surface area contributed by atoms with Gasteiger partial charge in [-0.05, 0) is 25.9 Å². The van der Waals surface area contributed by atoms with E-state index in [4.69, 9.17) is 10.2 Å². The first-order valence-electron chi connectivity index (χ1n) is 4.67. The van der Waals surface area contributed by atoms with Crippen molar-refractivity contribution in [2.45, 2.75) is 19.8 Å². The molecule has 0 amide bonds. The summed E-state index contributed by atoms with van der Waals surface area (Å²) in [5.74, 6) is -2.86. The van der Waals surface area contributed by atoms with Crippen LogP contribution in [0.1, 0.15) is 19.8 Å². The van der Waals surface area contributed by atoms with E-state index in [-0.39, 0.29) is 12.4 Å². The molecular weight excluding hydrogens is 222 g/mol. The molecule has 1 fully saturated rings. The zero-order chi connectivity index (χ0) is 10.8. The van der Waals surface area contributed by atoms with E-state index in [2.05, 4.69) is 5.32 Å². The number of carbonyl (C=O) groups is 2. The molecule has 5 nitrogen and oxygen atoms in total. The van der Waals surface area contributed by atoms with Crippen molar-refractivity contribution >= 4 is 24.3 Å². The van der Waals surface area contributed by atoms with Crippen molar-refractivity contribution in [1.82, 2.24) is 5.32 Å². The molecule has 6 heteroatoms. The maximum absolute atomic E-state index is 11.1. The van der Waals surface area contributed by atoms with Crippen LogP contribution in [0.3, 0.4) is 0 Å². The van der Waals surface area contributed by atoms with E-state index >= 15 is 0 Å². The maximum Gasteiger partial charge on any atom is 0.310 e. The summed E-state index contributed by atoms with van der Waals surface area (Å²) in [6.07, 6.45) is 0.769. The van der Waals surface area contributed by atoms with E-state index in [0.717, 1.165) is 0 Å². The molecule has 0 saturated carbocycles. The lowest BCUT2D eigenvalue weighted by Crippen LogP contribution is -2.48. The Balaban J connectivity index is 0.00000196. The molecule has 1 atom stereocenters. The molecule has 0 aromatic heterocycles. The van der Waals surface area contributed by atoms with Gasteiger partial charge in [0.25, 0.3) is 0 Å². The molecule has 1 rings (SSSR count). The average Bonchev–Trinajstić information content (AvgIpc) is 2.17. The summed E-state index contributed by atoms with van der Waals surface area (Å²) >= 11 is 0.